The third-order valence-corrected chi connectivity index (χ3v) is 7.89. The molecule has 0 unspecified atom stereocenters. The van der Waals surface area contributed by atoms with Gasteiger partial charge in [-0.05, 0) is 56.0 Å². The van der Waals surface area contributed by atoms with Crippen molar-refractivity contribution in [1.82, 2.24) is 16.0 Å². The van der Waals surface area contributed by atoms with Gasteiger partial charge in [-0.1, -0.05) is 57.2 Å². The molecule has 0 saturated heterocycles. The van der Waals surface area contributed by atoms with Crippen molar-refractivity contribution in [3.63, 3.8) is 0 Å². The van der Waals surface area contributed by atoms with Crippen LogP contribution in [0.4, 0.5) is 17.1 Å². The Morgan fingerprint density at radius 2 is 0.895 bits per heavy atom. The Morgan fingerprint density at radius 3 is 1.12 bits per heavy atom. The number of anilines is 3. The number of benzene rings is 3. The number of carboxylic acids is 1. The minimum atomic E-state index is -0.933. The summed E-state index contributed by atoms with van der Waals surface area (Å²) in [6.07, 6.45) is 0. The number of methoxy groups -OCH3 is 3. The third-order valence-electron chi connectivity index (χ3n) is 7.89. The molecule has 0 radical (unpaired) electrons. The molecule has 0 aliphatic carbocycles. The minimum absolute atomic E-state index is 0.0382. The van der Waals surface area contributed by atoms with E-state index in [2.05, 4.69) is 83.8 Å². The highest BCUT2D eigenvalue weighted by atomic mass is 16.6. The van der Waals surface area contributed by atoms with Crippen molar-refractivity contribution in [3.8, 4) is 17.2 Å². The highest BCUT2D eigenvalue weighted by Crippen LogP contribution is 2.32. The average Bonchev–Trinajstić information content (AvgIpc) is 3.25. The fourth-order valence-electron chi connectivity index (χ4n) is 5.21. The molecule has 320 valence electrons. The number of hydrogen-bond acceptors (Lipinski definition) is 15. The lowest BCUT2D eigenvalue weighted by molar-refractivity contribution is -0.145. The largest absolute Gasteiger partial charge is 0.490 e. The maximum atomic E-state index is 10.1. The number of esters is 1. The van der Waals surface area contributed by atoms with Crippen LogP contribution >= 0.6 is 0 Å². The van der Waals surface area contributed by atoms with Crippen molar-refractivity contribution in [2.45, 2.75) is 20.8 Å². The predicted octanol–water partition coefficient (Wildman–Crippen LogP) is 3.49. The van der Waals surface area contributed by atoms with E-state index in [9.17, 15) is 9.59 Å². The molecule has 0 aromatic heterocycles. The summed E-state index contributed by atoms with van der Waals surface area (Å²) in [4.78, 5) is 26.5. The Morgan fingerprint density at radius 1 is 0.579 bits per heavy atom. The van der Waals surface area contributed by atoms with Gasteiger partial charge in [0.1, 0.15) is 50.3 Å². The van der Waals surface area contributed by atoms with E-state index in [1.54, 1.807) is 0 Å². The van der Waals surface area contributed by atoms with Crippen LogP contribution in [-0.4, -0.2) is 143 Å². The number of para-hydroxylation sites is 6. The van der Waals surface area contributed by atoms with Crippen molar-refractivity contribution >= 4 is 29.0 Å². The molecule has 0 atom stereocenters. The van der Waals surface area contributed by atoms with Gasteiger partial charge in [0.05, 0.1) is 63.8 Å². The molecular weight excluding hydrogens is 736 g/mol. The Balaban J connectivity index is 0.000000366. The molecular formula is C41H66N6O10. The molecule has 3 heterocycles. The number of ether oxygens (including phenoxy) is 6. The topological polar surface area (TPSA) is 176 Å². The molecule has 0 bridgehead atoms. The lowest BCUT2D eigenvalue weighted by Crippen LogP contribution is -2.39. The summed E-state index contributed by atoms with van der Waals surface area (Å²) < 4.78 is 29.5. The van der Waals surface area contributed by atoms with Crippen molar-refractivity contribution in [2.75, 3.05) is 135 Å². The normalized spacial score (nSPS) is 12.9. The molecule has 3 aliphatic rings. The fourth-order valence-corrected chi connectivity index (χ4v) is 5.21. The second-order valence-corrected chi connectivity index (χ2v) is 11.9. The SMILES string of the molecule is CCNCN1CCOc2ccccc21.CCNCN1CCOc2ccccc21.CCNCN1CCOc2ccccc21.CO.COCC(=O)O.COCC(=O)OC. The van der Waals surface area contributed by atoms with Crippen LogP contribution in [0.1, 0.15) is 20.8 Å². The fraction of sp³-hybridized carbons (Fsp3) is 0.512. The maximum absolute atomic E-state index is 10.1. The smallest absolute Gasteiger partial charge is 0.331 e. The summed E-state index contributed by atoms with van der Waals surface area (Å²) in [5.41, 5.74) is 3.58. The first-order valence-electron chi connectivity index (χ1n) is 19.1. The van der Waals surface area contributed by atoms with Gasteiger partial charge in [0.2, 0.25) is 0 Å². The van der Waals surface area contributed by atoms with Crippen LogP contribution < -0.4 is 44.9 Å². The minimum Gasteiger partial charge on any atom is -0.490 e. The van der Waals surface area contributed by atoms with E-state index in [1.165, 1.54) is 38.4 Å². The van der Waals surface area contributed by atoms with Crippen LogP contribution in [0.2, 0.25) is 0 Å². The number of aliphatic carboxylic acids is 1. The first-order valence-corrected chi connectivity index (χ1v) is 19.1. The van der Waals surface area contributed by atoms with E-state index in [0.29, 0.717) is 0 Å². The molecule has 5 N–H and O–H groups in total. The second kappa shape index (κ2) is 32.3. The summed E-state index contributed by atoms with van der Waals surface area (Å²) in [6, 6.07) is 24.5. The standard InChI is InChI=1S/3C11H16N2O.C4H8O3.C3H6O3.CH4O/c3*1-2-12-9-13-7-8-14-11-6-4-3-5-10(11)13;1-6-3-4(5)7-2;1-6-2-3(4)5;1-2/h3*3-6,12H,2,7-9H2,1H3;3H2,1-2H3;2H2,1H3,(H,4,5);2H,1H3. The lowest BCUT2D eigenvalue weighted by Gasteiger charge is -2.31. The quantitative estimate of drug-likeness (QED) is 0.159. The Bertz CT molecular complexity index is 1340. The van der Waals surface area contributed by atoms with Crippen LogP contribution in [0.15, 0.2) is 72.8 Å². The van der Waals surface area contributed by atoms with E-state index < -0.39 is 5.97 Å². The van der Waals surface area contributed by atoms with Gasteiger partial charge >= 0.3 is 11.9 Å². The second-order valence-electron chi connectivity index (χ2n) is 11.9. The highest BCUT2D eigenvalue weighted by Gasteiger charge is 2.18. The van der Waals surface area contributed by atoms with Crippen LogP contribution in [0.25, 0.3) is 0 Å². The number of carbonyl (C=O) groups is 2. The first-order chi connectivity index (χ1) is 27.8. The van der Waals surface area contributed by atoms with Crippen molar-refractivity contribution < 1.29 is 48.2 Å². The number of fused-ring (bicyclic) bond motifs is 3. The van der Waals surface area contributed by atoms with E-state index in [-0.39, 0.29) is 19.2 Å². The zero-order valence-electron chi connectivity index (χ0n) is 34.8. The highest BCUT2D eigenvalue weighted by molar-refractivity contribution is 5.70. The molecule has 0 saturated carbocycles. The number of aliphatic hydroxyl groups is 1. The Labute approximate surface area is 338 Å². The van der Waals surface area contributed by atoms with Gasteiger partial charge in [0.15, 0.2) is 0 Å². The third kappa shape index (κ3) is 20.2. The monoisotopic (exact) mass is 802 g/mol. The van der Waals surface area contributed by atoms with E-state index in [0.717, 1.165) is 103 Å². The van der Waals surface area contributed by atoms with Gasteiger partial charge in [-0.25, -0.2) is 9.59 Å². The number of carbonyl (C=O) groups excluding carboxylic acids is 1. The van der Waals surface area contributed by atoms with Gasteiger partial charge in [0, 0.05) is 21.3 Å². The van der Waals surface area contributed by atoms with Gasteiger partial charge in [0.25, 0.3) is 0 Å². The van der Waals surface area contributed by atoms with Crippen molar-refractivity contribution in [1.29, 1.82) is 0 Å². The van der Waals surface area contributed by atoms with E-state index >= 15 is 0 Å². The summed E-state index contributed by atoms with van der Waals surface area (Å²) in [5, 5.41) is 24.8. The van der Waals surface area contributed by atoms with Crippen molar-refractivity contribution in [3.05, 3.63) is 72.8 Å². The molecule has 3 aromatic carbocycles. The molecule has 0 spiro atoms. The van der Waals surface area contributed by atoms with Crippen LogP contribution in [0.3, 0.4) is 0 Å². The number of hydrogen-bond donors (Lipinski definition) is 5. The molecule has 0 amide bonds. The van der Waals surface area contributed by atoms with Crippen LogP contribution in [-0.2, 0) is 23.8 Å². The average molecular weight is 803 g/mol. The number of carboxylic acid groups (broad SMARTS) is 1. The van der Waals surface area contributed by atoms with E-state index in [4.69, 9.17) is 24.4 Å². The van der Waals surface area contributed by atoms with Gasteiger partial charge < -0.3 is 69.3 Å². The molecule has 16 nitrogen and oxygen atoms in total. The molecule has 16 heteroatoms. The number of nitrogens with one attached hydrogen (secondary N) is 3. The molecule has 3 aliphatic heterocycles. The number of nitrogens with zero attached hydrogens (tertiary/aromatic N) is 3. The molecule has 0 fully saturated rings. The number of aliphatic hydroxyl groups excluding tert-OH is 1. The van der Waals surface area contributed by atoms with Crippen LogP contribution in [0.5, 0.6) is 17.2 Å². The predicted molar refractivity (Wildman–Crippen MR) is 225 cm³/mol. The maximum Gasteiger partial charge on any atom is 0.331 e. The van der Waals surface area contributed by atoms with Gasteiger partial charge in [-0.2, -0.15) is 0 Å². The zero-order chi connectivity index (χ0) is 42.1. The van der Waals surface area contributed by atoms with Crippen molar-refractivity contribution in [2.24, 2.45) is 0 Å². The zero-order valence-corrected chi connectivity index (χ0v) is 34.8. The summed E-state index contributed by atoms with van der Waals surface area (Å²) >= 11 is 0. The first kappa shape index (κ1) is 50.2. The van der Waals surface area contributed by atoms with Crippen LogP contribution in [0, 0.1) is 0 Å². The summed E-state index contributed by atoms with van der Waals surface area (Å²) in [7, 11) is 5.10. The lowest BCUT2D eigenvalue weighted by atomic mass is 10.2. The van der Waals surface area contributed by atoms with Gasteiger partial charge in [-0.15, -0.1) is 0 Å². The molecule has 57 heavy (non-hydrogen) atoms. The van der Waals surface area contributed by atoms with Gasteiger partial charge in [-0.3, -0.25) is 0 Å². The molecule has 6 rings (SSSR count). The summed E-state index contributed by atoms with van der Waals surface area (Å²) in [6.45, 7) is 17.1. The molecule has 3 aromatic rings. The Hall–Kier alpha value is -4.84. The van der Waals surface area contributed by atoms with E-state index in [1.807, 2.05) is 54.6 Å². The Kier molecular flexibility index (Phi) is 28.4. The number of rotatable bonds is 13. The summed E-state index contributed by atoms with van der Waals surface area (Å²) in [5.74, 6) is 1.71.